The van der Waals surface area contributed by atoms with Crippen LogP contribution in [0.1, 0.15) is 29.9 Å². The van der Waals surface area contributed by atoms with Crippen LogP contribution in [0, 0.1) is 6.92 Å². The Morgan fingerprint density at radius 1 is 1.42 bits per heavy atom. The molecule has 1 atom stereocenters. The van der Waals surface area contributed by atoms with Crippen LogP contribution in [0.4, 0.5) is 5.00 Å². The molecule has 24 heavy (non-hydrogen) atoms. The highest BCUT2D eigenvalue weighted by Gasteiger charge is 2.23. The van der Waals surface area contributed by atoms with Gasteiger partial charge in [-0.1, -0.05) is 16.1 Å². The molecule has 0 fully saturated rings. The van der Waals surface area contributed by atoms with Crippen molar-refractivity contribution in [2.75, 3.05) is 11.9 Å². The maximum Gasteiger partial charge on any atom is 0.362 e. The molecule has 128 valence electrons. The molecule has 1 aromatic carbocycles. The molecule has 1 aromatic heterocycles. The summed E-state index contributed by atoms with van der Waals surface area (Å²) >= 11 is 6.79. The molecule has 7 nitrogen and oxygen atoms in total. The van der Waals surface area contributed by atoms with Gasteiger partial charge in [0.25, 0.3) is 5.91 Å². The van der Waals surface area contributed by atoms with Crippen molar-refractivity contribution in [3.63, 3.8) is 0 Å². The fourth-order valence-electron chi connectivity index (χ4n) is 1.81. The zero-order valence-corrected chi connectivity index (χ0v) is 14.9. The van der Waals surface area contributed by atoms with Crippen molar-refractivity contribution in [2.24, 2.45) is 0 Å². The predicted octanol–water partition coefficient (Wildman–Crippen LogP) is 3.08. The molecule has 0 bridgehead atoms. The third-order valence-electron chi connectivity index (χ3n) is 3.00. The standard InChI is InChI=1S/C15H16ClN3O4S/c1-4-22-15(21)12-14(24-19-18-12)17-13(20)9(3)23-11-6-5-10(16)7-8(11)2/h5-7,9H,4H2,1-3H3,(H,17,20). The van der Waals surface area contributed by atoms with Gasteiger partial charge in [-0.15, -0.1) is 5.10 Å². The Balaban J connectivity index is 2.04. The maximum absolute atomic E-state index is 12.3. The number of aryl methyl sites for hydroxylation is 1. The maximum atomic E-state index is 12.3. The molecule has 1 N–H and O–H groups in total. The summed E-state index contributed by atoms with van der Waals surface area (Å²) in [6.07, 6.45) is -0.790. The summed E-state index contributed by atoms with van der Waals surface area (Å²) in [4.78, 5) is 24.0. The topological polar surface area (TPSA) is 90.4 Å². The second-order valence-corrected chi connectivity index (χ2v) is 6.02. The number of hydrogen-bond acceptors (Lipinski definition) is 7. The van der Waals surface area contributed by atoms with Gasteiger partial charge < -0.3 is 14.8 Å². The monoisotopic (exact) mass is 369 g/mol. The van der Waals surface area contributed by atoms with E-state index in [1.165, 1.54) is 0 Å². The first-order chi connectivity index (χ1) is 11.4. The van der Waals surface area contributed by atoms with E-state index in [9.17, 15) is 9.59 Å². The van der Waals surface area contributed by atoms with E-state index in [0.717, 1.165) is 17.1 Å². The number of nitrogens with one attached hydrogen (secondary N) is 1. The Labute approximate surface area is 148 Å². The molecule has 0 aliphatic rings. The van der Waals surface area contributed by atoms with Gasteiger partial charge in [0.15, 0.2) is 11.1 Å². The Kier molecular flexibility index (Phi) is 6.10. The Bertz CT molecular complexity index is 750. The largest absolute Gasteiger partial charge is 0.481 e. The number of carbonyl (C=O) groups excluding carboxylic acids is 2. The van der Waals surface area contributed by atoms with Gasteiger partial charge in [-0.2, -0.15) is 0 Å². The fraction of sp³-hybridized carbons (Fsp3) is 0.333. The molecule has 2 aromatic rings. The zero-order chi connectivity index (χ0) is 17.7. The summed E-state index contributed by atoms with van der Waals surface area (Å²) in [6, 6.07) is 5.12. The molecule has 0 saturated heterocycles. The van der Waals surface area contributed by atoms with Crippen molar-refractivity contribution in [1.82, 2.24) is 9.59 Å². The molecule has 1 amide bonds. The number of aromatic nitrogens is 2. The van der Waals surface area contributed by atoms with Gasteiger partial charge in [0.2, 0.25) is 5.69 Å². The number of benzene rings is 1. The number of esters is 1. The molecule has 0 radical (unpaired) electrons. The highest BCUT2D eigenvalue weighted by molar-refractivity contribution is 7.10. The van der Waals surface area contributed by atoms with Crippen LogP contribution in [0.5, 0.6) is 5.75 Å². The highest BCUT2D eigenvalue weighted by Crippen LogP contribution is 2.24. The highest BCUT2D eigenvalue weighted by atomic mass is 35.5. The second kappa shape index (κ2) is 8.07. The number of nitrogens with zero attached hydrogens (tertiary/aromatic N) is 2. The van der Waals surface area contributed by atoms with Crippen LogP contribution in [0.15, 0.2) is 18.2 Å². The first-order valence-corrected chi connectivity index (χ1v) is 8.30. The van der Waals surface area contributed by atoms with Gasteiger partial charge in [0, 0.05) is 16.6 Å². The lowest BCUT2D eigenvalue weighted by Gasteiger charge is -2.16. The van der Waals surface area contributed by atoms with Gasteiger partial charge in [0.05, 0.1) is 6.61 Å². The lowest BCUT2D eigenvalue weighted by molar-refractivity contribution is -0.122. The number of halogens is 1. The number of rotatable bonds is 6. The summed E-state index contributed by atoms with van der Waals surface area (Å²) in [6.45, 7) is 5.32. The third-order valence-corrected chi connectivity index (χ3v) is 3.88. The van der Waals surface area contributed by atoms with Crippen LogP contribution in [-0.2, 0) is 9.53 Å². The smallest absolute Gasteiger partial charge is 0.362 e. The average molecular weight is 370 g/mol. The molecule has 1 heterocycles. The quantitative estimate of drug-likeness (QED) is 0.787. The molecule has 0 aliphatic heterocycles. The van der Waals surface area contributed by atoms with Gasteiger partial charge in [0.1, 0.15) is 5.75 Å². The zero-order valence-electron chi connectivity index (χ0n) is 13.3. The molecular formula is C15H16ClN3O4S. The summed E-state index contributed by atoms with van der Waals surface area (Å²) in [5, 5.41) is 7.08. The van der Waals surface area contributed by atoms with E-state index in [-0.39, 0.29) is 17.3 Å². The van der Waals surface area contributed by atoms with Crippen LogP contribution < -0.4 is 10.1 Å². The van der Waals surface area contributed by atoms with Gasteiger partial charge in [-0.3, -0.25) is 4.79 Å². The lowest BCUT2D eigenvalue weighted by atomic mass is 10.2. The van der Waals surface area contributed by atoms with E-state index in [1.807, 2.05) is 6.92 Å². The minimum atomic E-state index is -0.790. The van der Waals surface area contributed by atoms with Crippen LogP contribution in [0.3, 0.4) is 0 Å². The van der Waals surface area contributed by atoms with Crippen LogP contribution >= 0.6 is 23.1 Å². The summed E-state index contributed by atoms with van der Waals surface area (Å²) < 4.78 is 14.2. The number of anilines is 1. The molecule has 1 unspecified atom stereocenters. The number of amides is 1. The number of carbonyl (C=O) groups is 2. The van der Waals surface area contributed by atoms with Crippen molar-refractivity contribution in [3.05, 3.63) is 34.5 Å². The summed E-state index contributed by atoms with van der Waals surface area (Å²) in [5.74, 6) is -0.514. The van der Waals surface area contributed by atoms with Crippen molar-refractivity contribution in [3.8, 4) is 5.75 Å². The van der Waals surface area contributed by atoms with E-state index < -0.39 is 18.0 Å². The van der Waals surface area contributed by atoms with Crippen LogP contribution in [0.25, 0.3) is 0 Å². The minimum Gasteiger partial charge on any atom is -0.481 e. The van der Waals surface area contributed by atoms with E-state index in [2.05, 4.69) is 14.9 Å². The fourth-order valence-corrected chi connectivity index (χ4v) is 2.60. The van der Waals surface area contributed by atoms with E-state index >= 15 is 0 Å². The SMILES string of the molecule is CCOC(=O)c1nnsc1NC(=O)C(C)Oc1ccc(Cl)cc1C. The molecule has 0 spiro atoms. The van der Waals surface area contributed by atoms with Gasteiger partial charge >= 0.3 is 5.97 Å². The molecule has 0 saturated carbocycles. The van der Waals surface area contributed by atoms with Gasteiger partial charge in [-0.05, 0) is 44.5 Å². The number of hydrogen-bond donors (Lipinski definition) is 1. The van der Waals surface area contributed by atoms with Gasteiger partial charge in [-0.25, -0.2) is 4.79 Å². The molecular weight excluding hydrogens is 354 g/mol. The predicted molar refractivity (Wildman–Crippen MR) is 90.8 cm³/mol. The van der Waals surface area contributed by atoms with Crippen molar-refractivity contribution in [2.45, 2.75) is 26.9 Å². The van der Waals surface area contributed by atoms with Crippen molar-refractivity contribution >= 4 is 40.0 Å². The van der Waals surface area contributed by atoms with Crippen LogP contribution in [-0.4, -0.2) is 34.2 Å². The summed E-state index contributed by atoms with van der Waals surface area (Å²) in [7, 11) is 0. The molecule has 0 aliphatic carbocycles. The average Bonchev–Trinajstić information content (AvgIpc) is 2.98. The lowest BCUT2D eigenvalue weighted by Crippen LogP contribution is -2.30. The third kappa shape index (κ3) is 4.42. The van der Waals surface area contributed by atoms with E-state index in [0.29, 0.717) is 10.8 Å². The first-order valence-electron chi connectivity index (χ1n) is 7.15. The second-order valence-electron chi connectivity index (χ2n) is 4.83. The Morgan fingerprint density at radius 3 is 2.83 bits per heavy atom. The van der Waals surface area contributed by atoms with Crippen molar-refractivity contribution < 1.29 is 19.1 Å². The normalized spacial score (nSPS) is 11.7. The Hall–Kier alpha value is -2.19. The van der Waals surface area contributed by atoms with E-state index in [4.69, 9.17) is 21.1 Å². The Morgan fingerprint density at radius 2 is 2.17 bits per heavy atom. The molecule has 2 rings (SSSR count). The first kappa shape index (κ1) is 18.2. The van der Waals surface area contributed by atoms with Crippen LogP contribution in [0.2, 0.25) is 5.02 Å². The minimum absolute atomic E-state index is 0.0231. The van der Waals surface area contributed by atoms with Crippen molar-refractivity contribution in [1.29, 1.82) is 0 Å². The van der Waals surface area contributed by atoms with E-state index in [1.54, 1.807) is 32.0 Å². The molecule has 9 heteroatoms. The number of ether oxygens (including phenoxy) is 2. The summed E-state index contributed by atoms with van der Waals surface area (Å²) in [5.41, 5.74) is 0.791.